The van der Waals surface area contributed by atoms with Crippen molar-refractivity contribution in [3.63, 3.8) is 0 Å². The zero-order chi connectivity index (χ0) is 13.4. The third kappa shape index (κ3) is 5.52. The summed E-state index contributed by atoms with van der Waals surface area (Å²) in [5.41, 5.74) is 1.32. The molecule has 102 valence electrons. The molecule has 0 amide bonds. The van der Waals surface area contributed by atoms with Crippen molar-refractivity contribution in [1.29, 1.82) is 0 Å². The molecule has 2 N–H and O–H groups in total. The van der Waals surface area contributed by atoms with Crippen LogP contribution in [0.1, 0.15) is 32.3 Å². The predicted octanol–water partition coefficient (Wildman–Crippen LogP) is 2.38. The van der Waals surface area contributed by atoms with Gasteiger partial charge in [-0.15, -0.1) is 0 Å². The fourth-order valence-corrected chi connectivity index (χ4v) is 1.59. The van der Waals surface area contributed by atoms with Crippen LogP contribution in [0.25, 0.3) is 0 Å². The van der Waals surface area contributed by atoms with Gasteiger partial charge in [0.1, 0.15) is 12.4 Å². The van der Waals surface area contributed by atoms with Gasteiger partial charge in [-0.1, -0.05) is 19.1 Å². The highest BCUT2D eigenvalue weighted by molar-refractivity contribution is 5.27. The van der Waals surface area contributed by atoms with Gasteiger partial charge in [0.25, 0.3) is 0 Å². The fourth-order valence-electron chi connectivity index (χ4n) is 1.59. The molecule has 2 atom stereocenters. The molecular weight excluding hydrogens is 226 g/mol. The Labute approximate surface area is 110 Å². The maximum atomic E-state index is 9.41. The van der Waals surface area contributed by atoms with Gasteiger partial charge >= 0.3 is 0 Å². The van der Waals surface area contributed by atoms with Crippen molar-refractivity contribution in [2.75, 3.05) is 13.7 Å². The first-order valence-corrected chi connectivity index (χ1v) is 6.72. The summed E-state index contributed by atoms with van der Waals surface area (Å²) in [4.78, 5) is 0. The molecular formula is C15H25NO2. The predicted molar refractivity (Wildman–Crippen MR) is 75.1 cm³/mol. The Kier molecular flexibility index (Phi) is 6.76. The lowest BCUT2D eigenvalue weighted by atomic mass is 10.1. The van der Waals surface area contributed by atoms with Gasteiger partial charge in [-0.25, -0.2) is 0 Å². The molecule has 0 aromatic heterocycles. The SMILES string of the molecule is CCC(O)COc1ccc(CCC(C)NC)cc1. The zero-order valence-electron chi connectivity index (χ0n) is 11.6. The van der Waals surface area contributed by atoms with E-state index in [1.165, 1.54) is 5.56 Å². The normalized spacial score (nSPS) is 14.2. The minimum absolute atomic E-state index is 0.368. The molecule has 0 aliphatic heterocycles. The van der Waals surface area contributed by atoms with Gasteiger partial charge in [0.05, 0.1) is 6.10 Å². The summed E-state index contributed by atoms with van der Waals surface area (Å²) in [7, 11) is 1.99. The Hall–Kier alpha value is -1.06. The van der Waals surface area contributed by atoms with Crippen LogP contribution in [-0.4, -0.2) is 30.9 Å². The van der Waals surface area contributed by atoms with E-state index in [2.05, 4.69) is 24.4 Å². The molecule has 0 bridgehead atoms. The fraction of sp³-hybridized carbons (Fsp3) is 0.600. The van der Waals surface area contributed by atoms with Crippen molar-refractivity contribution >= 4 is 0 Å². The van der Waals surface area contributed by atoms with Crippen molar-refractivity contribution in [2.45, 2.75) is 45.3 Å². The van der Waals surface area contributed by atoms with Gasteiger partial charge in [0, 0.05) is 6.04 Å². The second-order valence-corrected chi connectivity index (χ2v) is 4.75. The summed E-state index contributed by atoms with van der Waals surface area (Å²) < 4.78 is 5.50. The molecule has 0 fully saturated rings. The molecule has 18 heavy (non-hydrogen) atoms. The summed E-state index contributed by atoms with van der Waals surface area (Å²) in [5, 5.41) is 12.6. The van der Waals surface area contributed by atoms with E-state index in [1.54, 1.807) is 0 Å². The van der Waals surface area contributed by atoms with Crippen LogP contribution in [0.15, 0.2) is 24.3 Å². The third-order valence-electron chi connectivity index (χ3n) is 3.20. The summed E-state index contributed by atoms with van der Waals surface area (Å²) in [6.07, 6.45) is 2.55. The number of nitrogens with one attached hydrogen (secondary N) is 1. The maximum absolute atomic E-state index is 9.41. The summed E-state index contributed by atoms with van der Waals surface area (Å²) >= 11 is 0. The second kappa shape index (κ2) is 8.11. The molecule has 0 aliphatic carbocycles. The molecule has 0 aliphatic rings. The van der Waals surface area contributed by atoms with Crippen LogP contribution in [0.5, 0.6) is 5.75 Å². The van der Waals surface area contributed by atoms with Crippen LogP contribution in [0.3, 0.4) is 0 Å². The van der Waals surface area contributed by atoms with Gasteiger partial charge in [-0.05, 0) is 50.9 Å². The topological polar surface area (TPSA) is 41.5 Å². The molecule has 2 unspecified atom stereocenters. The average Bonchev–Trinajstić information content (AvgIpc) is 2.43. The van der Waals surface area contributed by atoms with E-state index in [9.17, 15) is 5.11 Å². The minimum atomic E-state index is -0.374. The molecule has 1 aromatic rings. The van der Waals surface area contributed by atoms with Crippen LogP contribution >= 0.6 is 0 Å². The van der Waals surface area contributed by atoms with Crippen molar-refractivity contribution in [2.24, 2.45) is 0 Å². The Morgan fingerprint density at radius 2 is 1.94 bits per heavy atom. The second-order valence-electron chi connectivity index (χ2n) is 4.75. The highest BCUT2D eigenvalue weighted by Crippen LogP contribution is 2.14. The number of aryl methyl sites for hydroxylation is 1. The van der Waals surface area contributed by atoms with E-state index in [4.69, 9.17) is 4.74 Å². The number of hydrogen-bond donors (Lipinski definition) is 2. The molecule has 3 heteroatoms. The molecule has 0 saturated carbocycles. The lowest BCUT2D eigenvalue weighted by Crippen LogP contribution is -2.21. The summed E-state index contributed by atoms with van der Waals surface area (Å²) in [5.74, 6) is 0.827. The van der Waals surface area contributed by atoms with Crippen molar-refractivity contribution in [1.82, 2.24) is 5.32 Å². The number of hydrogen-bond acceptors (Lipinski definition) is 3. The molecule has 0 radical (unpaired) electrons. The zero-order valence-corrected chi connectivity index (χ0v) is 11.6. The molecule has 1 aromatic carbocycles. The molecule has 3 nitrogen and oxygen atoms in total. The van der Waals surface area contributed by atoms with Crippen LogP contribution < -0.4 is 10.1 Å². The van der Waals surface area contributed by atoms with E-state index in [-0.39, 0.29) is 6.10 Å². The Bertz CT molecular complexity index is 291. The largest absolute Gasteiger partial charge is 0.491 e. The average molecular weight is 251 g/mol. The van der Waals surface area contributed by atoms with Gasteiger partial charge in [-0.3, -0.25) is 0 Å². The highest BCUT2D eigenvalue weighted by Gasteiger charge is 2.03. The Morgan fingerprint density at radius 1 is 1.28 bits per heavy atom. The van der Waals surface area contributed by atoms with E-state index >= 15 is 0 Å². The van der Waals surface area contributed by atoms with Crippen molar-refractivity contribution < 1.29 is 9.84 Å². The van der Waals surface area contributed by atoms with Gasteiger partial charge in [-0.2, -0.15) is 0 Å². The number of aliphatic hydroxyl groups excluding tert-OH is 1. The number of benzene rings is 1. The Morgan fingerprint density at radius 3 is 2.50 bits per heavy atom. The van der Waals surface area contributed by atoms with Crippen LogP contribution in [0.2, 0.25) is 0 Å². The molecule has 0 heterocycles. The number of aliphatic hydroxyl groups is 1. The first kappa shape index (κ1) is 15.0. The smallest absolute Gasteiger partial charge is 0.119 e. The highest BCUT2D eigenvalue weighted by atomic mass is 16.5. The summed E-state index contributed by atoms with van der Waals surface area (Å²) in [6.45, 7) is 4.50. The molecule has 0 spiro atoms. The Balaban J connectivity index is 2.37. The van der Waals surface area contributed by atoms with E-state index in [0.717, 1.165) is 25.0 Å². The van der Waals surface area contributed by atoms with E-state index < -0.39 is 0 Å². The van der Waals surface area contributed by atoms with E-state index in [1.807, 2.05) is 26.1 Å². The maximum Gasteiger partial charge on any atom is 0.119 e. The molecule has 0 saturated heterocycles. The quantitative estimate of drug-likeness (QED) is 0.745. The van der Waals surface area contributed by atoms with Crippen molar-refractivity contribution in [3.8, 4) is 5.75 Å². The lowest BCUT2D eigenvalue weighted by molar-refractivity contribution is 0.104. The third-order valence-corrected chi connectivity index (χ3v) is 3.20. The van der Waals surface area contributed by atoms with Gasteiger partial charge < -0.3 is 15.2 Å². The van der Waals surface area contributed by atoms with Crippen molar-refractivity contribution in [3.05, 3.63) is 29.8 Å². The van der Waals surface area contributed by atoms with Gasteiger partial charge in [0.2, 0.25) is 0 Å². The number of ether oxygens (including phenoxy) is 1. The first-order chi connectivity index (χ1) is 8.65. The molecule has 1 rings (SSSR count). The van der Waals surface area contributed by atoms with Crippen LogP contribution in [0, 0.1) is 0 Å². The lowest BCUT2D eigenvalue weighted by Gasteiger charge is -2.12. The van der Waals surface area contributed by atoms with Crippen LogP contribution in [0.4, 0.5) is 0 Å². The minimum Gasteiger partial charge on any atom is -0.491 e. The first-order valence-electron chi connectivity index (χ1n) is 6.72. The van der Waals surface area contributed by atoms with Crippen LogP contribution in [-0.2, 0) is 6.42 Å². The monoisotopic (exact) mass is 251 g/mol. The van der Waals surface area contributed by atoms with Gasteiger partial charge in [0.15, 0.2) is 0 Å². The standard InChI is InChI=1S/C15H25NO2/c1-4-14(17)11-18-15-9-7-13(8-10-15)6-5-12(2)16-3/h7-10,12,14,16-17H,4-6,11H2,1-3H3. The summed E-state index contributed by atoms with van der Waals surface area (Å²) in [6, 6.07) is 8.68. The number of rotatable bonds is 8. The van der Waals surface area contributed by atoms with E-state index in [0.29, 0.717) is 12.6 Å².